The van der Waals surface area contributed by atoms with Crippen LogP contribution in [0.25, 0.3) is 0 Å². The summed E-state index contributed by atoms with van der Waals surface area (Å²) < 4.78 is 31.9. The number of nitrogens with one attached hydrogen (secondary N) is 1. The molecular weight excluding hydrogens is 332 g/mol. The van der Waals surface area contributed by atoms with Crippen LogP contribution in [0.15, 0.2) is 22.7 Å². The normalized spacial score (nSPS) is 16.4. The second-order valence-corrected chi connectivity index (χ2v) is 7.13. The average molecular weight is 349 g/mol. The molecule has 1 aliphatic rings. The van der Waals surface area contributed by atoms with E-state index < -0.39 is 10.0 Å². The molecule has 1 saturated heterocycles. The molecule has 0 unspecified atom stereocenters. The van der Waals surface area contributed by atoms with Crippen LogP contribution in [0.1, 0.15) is 6.92 Å². The van der Waals surface area contributed by atoms with E-state index >= 15 is 0 Å². The van der Waals surface area contributed by atoms with Crippen molar-refractivity contribution in [3.05, 3.63) is 22.7 Å². The molecule has 0 atom stereocenters. The molecule has 2 rings (SSSR count). The van der Waals surface area contributed by atoms with Crippen molar-refractivity contribution >= 4 is 37.3 Å². The number of hydrogen-bond donors (Lipinski definition) is 1. The fourth-order valence-corrected chi connectivity index (χ4v) is 2.97. The molecule has 0 aromatic heterocycles. The smallest absolute Gasteiger partial charge is 0.232 e. The average Bonchev–Trinajstić information content (AvgIpc) is 2.42. The Balaban J connectivity index is 2.24. The summed E-state index contributed by atoms with van der Waals surface area (Å²) in [6.07, 6.45) is 0. The van der Waals surface area contributed by atoms with Gasteiger partial charge in [0.15, 0.2) is 0 Å². The number of sulfonamides is 1. The molecule has 1 aromatic rings. The molecule has 7 heteroatoms. The van der Waals surface area contributed by atoms with Crippen LogP contribution in [0.4, 0.5) is 11.4 Å². The Morgan fingerprint density at radius 1 is 1.37 bits per heavy atom. The van der Waals surface area contributed by atoms with Crippen molar-refractivity contribution in [3.8, 4) is 0 Å². The molecule has 1 aromatic carbocycles. The van der Waals surface area contributed by atoms with Gasteiger partial charge in [0.2, 0.25) is 10.0 Å². The van der Waals surface area contributed by atoms with Crippen molar-refractivity contribution < 1.29 is 13.2 Å². The van der Waals surface area contributed by atoms with Crippen LogP contribution in [0.2, 0.25) is 0 Å². The number of nitrogens with zero attached hydrogens (tertiary/aromatic N) is 1. The van der Waals surface area contributed by atoms with Gasteiger partial charge in [0, 0.05) is 23.2 Å². The molecule has 1 aliphatic heterocycles. The first-order chi connectivity index (χ1) is 9.02. The maximum Gasteiger partial charge on any atom is 0.232 e. The zero-order valence-corrected chi connectivity index (χ0v) is 13.1. The Labute approximate surface area is 122 Å². The molecule has 0 amide bonds. The summed E-state index contributed by atoms with van der Waals surface area (Å²) in [5.74, 6) is 0.0568. The van der Waals surface area contributed by atoms with Gasteiger partial charge in [-0.2, -0.15) is 0 Å². The van der Waals surface area contributed by atoms with Crippen molar-refractivity contribution in [2.24, 2.45) is 0 Å². The standard InChI is InChI=1S/C12H17BrN2O3S/c1-2-19(16,17)14-12-9-10(3-4-11(12)13)15-5-7-18-8-6-15/h3-4,9,14H,2,5-8H2,1H3. The minimum absolute atomic E-state index is 0.0568. The highest BCUT2D eigenvalue weighted by atomic mass is 79.9. The maximum atomic E-state index is 11.6. The fraction of sp³-hybridized carbons (Fsp3) is 0.500. The van der Waals surface area contributed by atoms with Gasteiger partial charge in [-0.05, 0) is 41.1 Å². The van der Waals surface area contributed by atoms with Crippen molar-refractivity contribution in [3.63, 3.8) is 0 Å². The number of halogens is 1. The molecule has 1 N–H and O–H groups in total. The van der Waals surface area contributed by atoms with E-state index in [2.05, 4.69) is 25.6 Å². The van der Waals surface area contributed by atoms with Gasteiger partial charge < -0.3 is 9.64 Å². The summed E-state index contributed by atoms with van der Waals surface area (Å²) in [6.45, 7) is 4.66. The Morgan fingerprint density at radius 2 is 2.05 bits per heavy atom. The van der Waals surface area contributed by atoms with E-state index in [1.54, 1.807) is 6.92 Å². The van der Waals surface area contributed by atoms with Crippen LogP contribution < -0.4 is 9.62 Å². The lowest BCUT2D eigenvalue weighted by Gasteiger charge is -2.29. The zero-order chi connectivity index (χ0) is 13.9. The molecule has 106 valence electrons. The van der Waals surface area contributed by atoms with Crippen LogP contribution in [0.5, 0.6) is 0 Å². The summed E-state index contributed by atoms with van der Waals surface area (Å²) >= 11 is 3.37. The van der Waals surface area contributed by atoms with Gasteiger partial charge in [-0.1, -0.05) is 0 Å². The van der Waals surface area contributed by atoms with E-state index in [9.17, 15) is 8.42 Å². The molecule has 19 heavy (non-hydrogen) atoms. The molecule has 0 radical (unpaired) electrons. The van der Waals surface area contributed by atoms with E-state index in [0.29, 0.717) is 18.9 Å². The van der Waals surface area contributed by atoms with E-state index in [4.69, 9.17) is 4.74 Å². The largest absolute Gasteiger partial charge is 0.378 e. The van der Waals surface area contributed by atoms with Gasteiger partial charge >= 0.3 is 0 Å². The highest BCUT2D eigenvalue weighted by Crippen LogP contribution is 2.29. The van der Waals surface area contributed by atoms with E-state index in [1.807, 2.05) is 18.2 Å². The second-order valence-electron chi connectivity index (χ2n) is 4.27. The predicted octanol–water partition coefficient (Wildman–Crippen LogP) is 2.05. The number of benzene rings is 1. The minimum Gasteiger partial charge on any atom is -0.378 e. The third kappa shape index (κ3) is 3.84. The predicted molar refractivity (Wildman–Crippen MR) is 80.3 cm³/mol. The Kier molecular flexibility index (Phi) is 4.70. The molecule has 5 nitrogen and oxygen atoms in total. The summed E-state index contributed by atoms with van der Waals surface area (Å²) in [5.41, 5.74) is 1.58. The Bertz CT molecular complexity index is 542. The topological polar surface area (TPSA) is 58.6 Å². The van der Waals surface area contributed by atoms with E-state index in [1.165, 1.54) is 0 Å². The maximum absolute atomic E-state index is 11.6. The molecule has 0 aliphatic carbocycles. The van der Waals surface area contributed by atoms with E-state index in [-0.39, 0.29) is 5.75 Å². The highest BCUT2D eigenvalue weighted by molar-refractivity contribution is 9.10. The van der Waals surface area contributed by atoms with Crippen LogP contribution >= 0.6 is 15.9 Å². The number of rotatable bonds is 4. The van der Waals surface area contributed by atoms with Crippen LogP contribution in [-0.2, 0) is 14.8 Å². The molecule has 1 fully saturated rings. The number of hydrogen-bond acceptors (Lipinski definition) is 4. The molecular formula is C12H17BrN2O3S. The quantitative estimate of drug-likeness (QED) is 0.904. The zero-order valence-electron chi connectivity index (χ0n) is 10.7. The van der Waals surface area contributed by atoms with Crippen molar-refractivity contribution in [1.82, 2.24) is 0 Å². The molecule has 0 saturated carbocycles. The summed E-state index contributed by atoms with van der Waals surface area (Å²) in [4.78, 5) is 2.18. The van der Waals surface area contributed by atoms with Crippen LogP contribution in [0, 0.1) is 0 Å². The lowest BCUT2D eigenvalue weighted by molar-refractivity contribution is 0.122. The summed E-state index contributed by atoms with van der Waals surface area (Å²) in [6, 6.07) is 5.68. The summed E-state index contributed by atoms with van der Waals surface area (Å²) in [5, 5.41) is 0. The van der Waals surface area contributed by atoms with Gasteiger partial charge in [-0.15, -0.1) is 0 Å². The number of ether oxygens (including phenoxy) is 1. The highest BCUT2D eigenvalue weighted by Gasteiger charge is 2.14. The number of anilines is 2. The first kappa shape index (κ1) is 14.6. The number of morpholine rings is 1. The SMILES string of the molecule is CCS(=O)(=O)Nc1cc(N2CCOCC2)ccc1Br. The second kappa shape index (κ2) is 6.11. The summed E-state index contributed by atoms with van der Waals surface area (Å²) in [7, 11) is -3.27. The lowest BCUT2D eigenvalue weighted by Crippen LogP contribution is -2.36. The van der Waals surface area contributed by atoms with E-state index in [0.717, 1.165) is 23.2 Å². The first-order valence-corrected chi connectivity index (χ1v) is 8.59. The van der Waals surface area contributed by atoms with Gasteiger partial charge in [0.05, 0.1) is 24.7 Å². The molecule has 0 spiro atoms. The Hall–Kier alpha value is -0.790. The van der Waals surface area contributed by atoms with Gasteiger partial charge in [0.1, 0.15) is 0 Å². The van der Waals surface area contributed by atoms with Gasteiger partial charge in [0.25, 0.3) is 0 Å². The van der Waals surface area contributed by atoms with Crippen molar-refractivity contribution in [2.45, 2.75) is 6.92 Å². The fourth-order valence-electron chi connectivity index (χ4n) is 1.85. The van der Waals surface area contributed by atoms with Crippen LogP contribution in [-0.4, -0.2) is 40.5 Å². The van der Waals surface area contributed by atoms with Crippen molar-refractivity contribution in [2.75, 3.05) is 41.7 Å². The molecule has 0 bridgehead atoms. The van der Waals surface area contributed by atoms with Gasteiger partial charge in [-0.3, -0.25) is 4.72 Å². The third-order valence-corrected chi connectivity index (χ3v) is 4.95. The van der Waals surface area contributed by atoms with Crippen LogP contribution in [0.3, 0.4) is 0 Å². The van der Waals surface area contributed by atoms with Crippen molar-refractivity contribution in [1.29, 1.82) is 0 Å². The third-order valence-electron chi connectivity index (χ3n) is 2.97. The first-order valence-electron chi connectivity index (χ1n) is 6.14. The molecule has 1 heterocycles. The lowest BCUT2D eigenvalue weighted by atomic mass is 10.2. The monoisotopic (exact) mass is 348 g/mol. The minimum atomic E-state index is -3.27. The van der Waals surface area contributed by atoms with Gasteiger partial charge in [-0.25, -0.2) is 8.42 Å². The Morgan fingerprint density at radius 3 is 2.68 bits per heavy atom.